The molecule has 0 fully saturated rings. The summed E-state index contributed by atoms with van der Waals surface area (Å²) in [6.07, 6.45) is 3.33. The minimum Gasteiger partial charge on any atom is -0.483 e. The summed E-state index contributed by atoms with van der Waals surface area (Å²) in [5, 5.41) is 6.10. The number of rotatable bonds is 4. The molecule has 0 aliphatic carbocycles. The van der Waals surface area contributed by atoms with Gasteiger partial charge in [-0.3, -0.25) is 0 Å². The van der Waals surface area contributed by atoms with E-state index < -0.39 is 0 Å². The molecule has 5 nitrogen and oxygen atoms in total. The second-order valence-electron chi connectivity index (χ2n) is 4.51. The molecule has 3 aromatic rings. The van der Waals surface area contributed by atoms with Gasteiger partial charge in [-0.25, -0.2) is 4.98 Å². The number of benzene rings is 1. The zero-order valence-electron chi connectivity index (χ0n) is 11.8. The van der Waals surface area contributed by atoms with Gasteiger partial charge in [0.15, 0.2) is 0 Å². The Hall–Kier alpha value is -1.50. The van der Waals surface area contributed by atoms with Gasteiger partial charge in [0.1, 0.15) is 11.9 Å². The fourth-order valence-electron chi connectivity index (χ4n) is 2.01. The molecule has 114 valence electrons. The van der Waals surface area contributed by atoms with Gasteiger partial charge in [-0.2, -0.15) is 9.50 Å². The highest BCUT2D eigenvalue weighted by Gasteiger charge is 2.16. The summed E-state index contributed by atoms with van der Waals surface area (Å²) in [7, 11) is 0. The Kier molecular flexibility index (Phi) is 4.42. The first kappa shape index (κ1) is 15.4. The standard InChI is InChI=1S/C14H12Cl2N4OS/c1-8(21-12-4-3-9(15)7-10(12)16)11-5-6-17-13-18-14(22-2)19-20(11)13/h3-8H,1-2H3/t8-/m0/s1. The molecule has 3 rings (SSSR count). The molecular formula is C14H12Cl2N4OS. The van der Waals surface area contributed by atoms with E-state index in [2.05, 4.69) is 15.1 Å². The van der Waals surface area contributed by atoms with Crippen LogP contribution in [0.15, 0.2) is 35.6 Å². The summed E-state index contributed by atoms with van der Waals surface area (Å²) >= 11 is 13.5. The lowest BCUT2D eigenvalue weighted by molar-refractivity contribution is 0.218. The van der Waals surface area contributed by atoms with Crippen molar-refractivity contribution >= 4 is 40.7 Å². The second-order valence-corrected chi connectivity index (χ2v) is 6.13. The molecule has 0 unspecified atom stereocenters. The highest BCUT2D eigenvalue weighted by Crippen LogP contribution is 2.31. The summed E-state index contributed by atoms with van der Waals surface area (Å²) < 4.78 is 7.60. The molecule has 0 N–H and O–H groups in total. The maximum absolute atomic E-state index is 6.15. The number of aromatic nitrogens is 4. The summed E-state index contributed by atoms with van der Waals surface area (Å²) in [4.78, 5) is 8.52. The molecule has 0 saturated heterocycles. The Morgan fingerprint density at radius 2 is 2.09 bits per heavy atom. The Bertz CT molecular complexity index is 824. The third-order valence-electron chi connectivity index (χ3n) is 3.05. The van der Waals surface area contributed by atoms with Crippen LogP contribution in [0.2, 0.25) is 10.0 Å². The van der Waals surface area contributed by atoms with E-state index in [1.807, 2.05) is 19.2 Å². The number of thioether (sulfide) groups is 1. The van der Waals surface area contributed by atoms with E-state index in [1.54, 1.807) is 28.9 Å². The predicted octanol–water partition coefficient (Wildman–Crippen LogP) is 4.29. The zero-order chi connectivity index (χ0) is 15.7. The Morgan fingerprint density at radius 3 is 2.82 bits per heavy atom. The smallest absolute Gasteiger partial charge is 0.253 e. The molecule has 1 aromatic carbocycles. The van der Waals surface area contributed by atoms with Gasteiger partial charge in [-0.05, 0) is 37.4 Å². The van der Waals surface area contributed by atoms with Crippen LogP contribution in [0.5, 0.6) is 5.75 Å². The Labute approximate surface area is 141 Å². The lowest BCUT2D eigenvalue weighted by Gasteiger charge is -2.16. The summed E-state index contributed by atoms with van der Waals surface area (Å²) in [5.74, 6) is 1.10. The van der Waals surface area contributed by atoms with Crippen LogP contribution in [0.3, 0.4) is 0 Å². The average Bonchev–Trinajstić information content (AvgIpc) is 2.93. The highest BCUT2D eigenvalue weighted by molar-refractivity contribution is 7.98. The van der Waals surface area contributed by atoms with Crippen LogP contribution in [0.1, 0.15) is 18.7 Å². The maximum Gasteiger partial charge on any atom is 0.253 e. The van der Waals surface area contributed by atoms with Gasteiger partial charge >= 0.3 is 0 Å². The lowest BCUT2D eigenvalue weighted by atomic mass is 10.2. The van der Waals surface area contributed by atoms with Crippen LogP contribution in [-0.4, -0.2) is 25.8 Å². The third kappa shape index (κ3) is 2.99. The molecule has 0 amide bonds. The first-order valence-electron chi connectivity index (χ1n) is 6.46. The van der Waals surface area contributed by atoms with Gasteiger partial charge in [0, 0.05) is 11.2 Å². The van der Waals surface area contributed by atoms with Crippen molar-refractivity contribution in [2.75, 3.05) is 6.26 Å². The van der Waals surface area contributed by atoms with Gasteiger partial charge in [-0.1, -0.05) is 35.0 Å². The van der Waals surface area contributed by atoms with Crippen LogP contribution in [0.25, 0.3) is 5.78 Å². The number of fused-ring (bicyclic) bond motifs is 1. The molecule has 2 heterocycles. The van der Waals surface area contributed by atoms with Crippen molar-refractivity contribution in [1.29, 1.82) is 0 Å². The van der Waals surface area contributed by atoms with Crippen LogP contribution in [0.4, 0.5) is 0 Å². The fraction of sp³-hybridized carbons (Fsp3) is 0.214. The first-order chi connectivity index (χ1) is 10.6. The van der Waals surface area contributed by atoms with Crippen LogP contribution >= 0.6 is 35.0 Å². The number of ether oxygens (including phenoxy) is 1. The highest BCUT2D eigenvalue weighted by atomic mass is 35.5. The maximum atomic E-state index is 6.15. The number of hydrogen-bond acceptors (Lipinski definition) is 5. The van der Waals surface area contributed by atoms with Crippen molar-refractivity contribution in [3.63, 3.8) is 0 Å². The quantitative estimate of drug-likeness (QED) is 0.654. The number of hydrogen-bond donors (Lipinski definition) is 0. The molecule has 8 heteroatoms. The van der Waals surface area contributed by atoms with E-state index in [4.69, 9.17) is 27.9 Å². The largest absolute Gasteiger partial charge is 0.483 e. The van der Waals surface area contributed by atoms with Gasteiger partial charge < -0.3 is 4.74 Å². The van der Waals surface area contributed by atoms with Crippen LogP contribution in [0, 0.1) is 0 Å². The second kappa shape index (κ2) is 6.32. The molecule has 0 saturated carbocycles. The van der Waals surface area contributed by atoms with E-state index in [0.717, 1.165) is 5.69 Å². The van der Waals surface area contributed by atoms with Crippen LogP contribution in [-0.2, 0) is 0 Å². The Balaban J connectivity index is 1.94. The van der Waals surface area contributed by atoms with E-state index in [1.165, 1.54) is 11.8 Å². The predicted molar refractivity (Wildman–Crippen MR) is 88.1 cm³/mol. The normalized spacial score (nSPS) is 12.5. The van der Waals surface area contributed by atoms with E-state index in [-0.39, 0.29) is 6.10 Å². The first-order valence-corrected chi connectivity index (χ1v) is 8.44. The summed E-state index contributed by atoms with van der Waals surface area (Å²) in [5.41, 5.74) is 0.837. The van der Waals surface area contributed by atoms with Crippen molar-refractivity contribution in [3.8, 4) is 5.75 Å². The molecule has 2 aromatic heterocycles. The van der Waals surface area contributed by atoms with Crippen molar-refractivity contribution in [1.82, 2.24) is 19.6 Å². The summed E-state index contributed by atoms with van der Waals surface area (Å²) in [6.45, 7) is 1.92. The molecule has 0 aliphatic heterocycles. The van der Waals surface area contributed by atoms with E-state index >= 15 is 0 Å². The molecular weight excluding hydrogens is 343 g/mol. The molecule has 0 aliphatic rings. The number of halogens is 2. The van der Waals surface area contributed by atoms with Crippen molar-refractivity contribution in [2.45, 2.75) is 18.2 Å². The van der Waals surface area contributed by atoms with Crippen molar-refractivity contribution < 1.29 is 4.74 Å². The lowest BCUT2D eigenvalue weighted by Crippen LogP contribution is -2.10. The van der Waals surface area contributed by atoms with E-state index in [9.17, 15) is 0 Å². The third-order valence-corrected chi connectivity index (χ3v) is 4.12. The molecule has 1 atom stereocenters. The Morgan fingerprint density at radius 1 is 1.27 bits per heavy atom. The van der Waals surface area contributed by atoms with E-state index in [0.29, 0.717) is 26.7 Å². The molecule has 0 bridgehead atoms. The SMILES string of the molecule is CSc1nc2nccc([C@H](C)Oc3ccc(Cl)cc3Cl)n2n1. The molecule has 0 spiro atoms. The van der Waals surface area contributed by atoms with Crippen LogP contribution < -0.4 is 4.74 Å². The fourth-order valence-corrected chi connectivity index (χ4v) is 2.80. The van der Waals surface area contributed by atoms with Gasteiger partial charge in [0.25, 0.3) is 5.78 Å². The van der Waals surface area contributed by atoms with Gasteiger partial charge in [-0.15, -0.1) is 5.10 Å². The number of nitrogens with zero attached hydrogens (tertiary/aromatic N) is 4. The monoisotopic (exact) mass is 354 g/mol. The molecule has 0 radical (unpaired) electrons. The minimum absolute atomic E-state index is 0.277. The van der Waals surface area contributed by atoms with Crippen molar-refractivity contribution in [3.05, 3.63) is 46.2 Å². The topological polar surface area (TPSA) is 52.3 Å². The van der Waals surface area contributed by atoms with Gasteiger partial charge in [0.05, 0.1) is 10.7 Å². The summed E-state index contributed by atoms with van der Waals surface area (Å²) in [6, 6.07) is 6.97. The van der Waals surface area contributed by atoms with Crippen molar-refractivity contribution in [2.24, 2.45) is 0 Å². The molecule has 22 heavy (non-hydrogen) atoms. The zero-order valence-corrected chi connectivity index (χ0v) is 14.2. The van der Waals surface area contributed by atoms with Gasteiger partial charge in [0.2, 0.25) is 5.16 Å². The minimum atomic E-state index is -0.277. The average molecular weight is 355 g/mol.